The molecule has 0 radical (unpaired) electrons. The molecule has 1 N–H and O–H groups in total. The topological polar surface area (TPSA) is 89.1 Å². The lowest BCUT2D eigenvalue weighted by Crippen LogP contribution is -2.33. The number of hydrogen-bond acceptors (Lipinski definition) is 6. The van der Waals surface area contributed by atoms with Crippen LogP contribution in [0, 0.1) is 0 Å². The molecule has 8 nitrogen and oxygen atoms in total. The van der Waals surface area contributed by atoms with Gasteiger partial charge < -0.3 is 9.67 Å². The fourth-order valence-corrected chi connectivity index (χ4v) is 4.28. The zero-order chi connectivity index (χ0) is 19.1. The summed E-state index contributed by atoms with van der Waals surface area (Å²) in [5, 5.41) is 18.6. The molecule has 0 bridgehead atoms. The van der Waals surface area contributed by atoms with Gasteiger partial charge in [-0.15, -0.1) is 10.2 Å². The maximum atomic E-state index is 13.0. The van der Waals surface area contributed by atoms with Gasteiger partial charge in [-0.1, -0.05) is 12.1 Å². The van der Waals surface area contributed by atoms with Crippen LogP contribution in [0.15, 0.2) is 35.4 Å². The molecule has 2 aromatic heterocycles. The first-order valence-electron chi connectivity index (χ1n) is 9.99. The van der Waals surface area contributed by atoms with Gasteiger partial charge in [-0.05, 0) is 44.4 Å². The van der Waals surface area contributed by atoms with Crippen molar-refractivity contribution in [1.82, 2.24) is 29.2 Å². The fraction of sp³-hybridized carbons (Fsp3) is 0.500. The Morgan fingerprint density at radius 3 is 2.86 bits per heavy atom. The van der Waals surface area contributed by atoms with Crippen molar-refractivity contribution in [2.24, 2.45) is 0 Å². The van der Waals surface area contributed by atoms with Gasteiger partial charge in [-0.25, -0.2) is 4.98 Å². The standard InChI is InChI=1S/C20H24N6O2/c27-11-10-25-19(22-16-5-2-1-4-15(16)20(25)28)17-6-3-9-24(17)12-18-23-21-13-26(18)14-7-8-14/h1-2,4-5,13-14,17,27H,3,6-12H2. The Hall–Kier alpha value is -2.58. The summed E-state index contributed by atoms with van der Waals surface area (Å²) in [7, 11) is 0. The molecule has 1 aliphatic carbocycles. The van der Waals surface area contributed by atoms with Crippen molar-refractivity contribution in [3.05, 3.63) is 52.6 Å². The fourth-order valence-electron chi connectivity index (χ4n) is 4.28. The van der Waals surface area contributed by atoms with Crippen LogP contribution < -0.4 is 5.56 Å². The predicted octanol–water partition coefficient (Wildman–Crippen LogP) is 1.65. The van der Waals surface area contributed by atoms with E-state index in [1.165, 1.54) is 12.8 Å². The smallest absolute Gasteiger partial charge is 0.261 e. The zero-order valence-electron chi connectivity index (χ0n) is 15.7. The van der Waals surface area contributed by atoms with Crippen LogP contribution in [-0.2, 0) is 13.1 Å². The SMILES string of the molecule is O=c1c2ccccc2nc(C2CCCN2Cc2nncn2C2CC2)n1CCO. The number of para-hydroxylation sites is 1. The first kappa shape index (κ1) is 17.5. The lowest BCUT2D eigenvalue weighted by molar-refractivity contribution is 0.216. The van der Waals surface area contributed by atoms with E-state index in [0.29, 0.717) is 23.5 Å². The van der Waals surface area contributed by atoms with Crippen LogP contribution in [0.2, 0.25) is 0 Å². The van der Waals surface area contributed by atoms with Gasteiger partial charge in [0.2, 0.25) is 0 Å². The van der Waals surface area contributed by atoms with Gasteiger partial charge in [0.1, 0.15) is 18.0 Å². The molecular weight excluding hydrogens is 356 g/mol. The Labute approximate surface area is 162 Å². The minimum Gasteiger partial charge on any atom is -0.395 e. The van der Waals surface area contributed by atoms with Crippen molar-refractivity contribution in [3.63, 3.8) is 0 Å². The van der Waals surface area contributed by atoms with Gasteiger partial charge in [0, 0.05) is 6.04 Å². The predicted molar refractivity (Wildman–Crippen MR) is 104 cm³/mol. The second-order valence-electron chi connectivity index (χ2n) is 7.68. The molecule has 0 spiro atoms. The Bertz CT molecular complexity index is 1050. The molecule has 28 heavy (non-hydrogen) atoms. The van der Waals surface area contributed by atoms with Crippen LogP contribution in [0.5, 0.6) is 0 Å². The van der Waals surface area contributed by atoms with Gasteiger partial charge in [-0.3, -0.25) is 14.3 Å². The highest BCUT2D eigenvalue weighted by Crippen LogP contribution is 2.37. The van der Waals surface area contributed by atoms with E-state index < -0.39 is 0 Å². The van der Waals surface area contributed by atoms with Crippen LogP contribution in [0.3, 0.4) is 0 Å². The summed E-state index contributed by atoms with van der Waals surface area (Å²) in [5.41, 5.74) is 0.632. The van der Waals surface area contributed by atoms with Crippen LogP contribution in [0.25, 0.3) is 10.9 Å². The number of aromatic nitrogens is 5. The van der Waals surface area contributed by atoms with Gasteiger partial charge in [0.25, 0.3) is 5.56 Å². The van der Waals surface area contributed by atoms with Gasteiger partial charge >= 0.3 is 0 Å². The van der Waals surface area contributed by atoms with Crippen LogP contribution >= 0.6 is 0 Å². The molecule has 2 fully saturated rings. The van der Waals surface area contributed by atoms with Crippen molar-refractivity contribution >= 4 is 10.9 Å². The van der Waals surface area contributed by atoms with Gasteiger partial charge in [0.05, 0.1) is 36.6 Å². The van der Waals surface area contributed by atoms with Crippen molar-refractivity contribution in [2.75, 3.05) is 13.2 Å². The molecular formula is C20H24N6O2. The summed E-state index contributed by atoms with van der Waals surface area (Å²) in [6.45, 7) is 1.80. The molecule has 1 saturated heterocycles. The largest absolute Gasteiger partial charge is 0.395 e. The quantitative estimate of drug-likeness (QED) is 0.700. The average molecular weight is 380 g/mol. The van der Waals surface area contributed by atoms with Gasteiger partial charge in [0.15, 0.2) is 0 Å². The van der Waals surface area contributed by atoms with Gasteiger partial charge in [-0.2, -0.15) is 0 Å². The lowest BCUT2D eigenvalue weighted by atomic mass is 10.1. The Balaban J connectivity index is 1.53. The van der Waals surface area contributed by atoms with Crippen molar-refractivity contribution in [1.29, 1.82) is 0 Å². The third-order valence-electron chi connectivity index (χ3n) is 5.81. The normalized spacial score (nSPS) is 20.2. The van der Waals surface area contributed by atoms with E-state index >= 15 is 0 Å². The first-order chi connectivity index (χ1) is 13.8. The van der Waals surface area contributed by atoms with E-state index in [1.807, 2.05) is 24.5 Å². The highest BCUT2D eigenvalue weighted by atomic mass is 16.3. The molecule has 3 heterocycles. The average Bonchev–Trinajstić information content (AvgIpc) is 3.27. The lowest BCUT2D eigenvalue weighted by Gasteiger charge is -2.26. The highest BCUT2D eigenvalue weighted by molar-refractivity contribution is 5.77. The van der Waals surface area contributed by atoms with Crippen LogP contribution in [0.1, 0.15) is 49.4 Å². The summed E-state index contributed by atoms with van der Waals surface area (Å²) in [6.07, 6.45) is 6.19. The van der Waals surface area contributed by atoms with E-state index in [-0.39, 0.29) is 24.8 Å². The third kappa shape index (κ3) is 3.02. The first-order valence-corrected chi connectivity index (χ1v) is 9.99. The number of nitrogens with zero attached hydrogens (tertiary/aromatic N) is 6. The number of aliphatic hydroxyl groups excluding tert-OH is 1. The van der Waals surface area contributed by atoms with Crippen molar-refractivity contribution < 1.29 is 5.11 Å². The summed E-state index contributed by atoms with van der Waals surface area (Å²) < 4.78 is 3.83. The van der Waals surface area contributed by atoms with E-state index in [1.54, 1.807) is 10.6 Å². The molecule has 2 aliphatic rings. The number of rotatable bonds is 6. The molecule has 0 amide bonds. The van der Waals surface area contributed by atoms with Crippen LogP contribution in [-0.4, -0.2) is 47.5 Å². The molecule has 1 atom stereocenters. The monoisotopic (exact) mass is 380 g/mol. The van der Waals surface area contributed by atoms with Crippen molar-refractivity contribution in [2.45, 2.75) is 50.9 Å². The number of aliphatic hydroxyl groups is 1. The maximum Gasteiger partial charge on any atom is 0.261 e. The minimum absolute atomic E-state index is 0.0354. The molecule has 5 rings (SSSR count). The molecule has 3 aromatic rings. The molecule has 8 heteroatoms. The molecule has 1 unspecified atom stereocenters. The summed E-state index contributed by atoms with van der Waals surface area (Å²) in [5.74, 6) is 1.72. The van der Waals surface area contributed by atoms with E-state index in [2.05, 4.69) is 19.7 Å². The third-order valence-corrected chi connectivity index (χ3v) is 5.81. The second kappa shape index (κ2) is 7.10. The number of fused-ring (bicyclic) bond motifs is 1. The summed E-state index contributed by atoms with van der Waals surface area (Å²) >= 11 is 0. The Morgan fingerprint density at radius 1 is 1.18 bits per heavy atom. The minimum atomic E-state index is -0.0876. The summed E-state index contributed by atoms with van der Waals surface area (Å²) in [4.78, 5) is 20.2. The molecule has 1 aromatic carbocycles. The van der Waals surface area contributed by atoms with Crippen LogP contribution in [0.4, 0.5) is 0 Å². The number of benzene rings is 1. The molecule has 1 aliphatic heterocycles. The van der Waals surface area contributed by atoms with E-state index in [9.17, 15) is 9.90 Å². The Morgan fingerprint density at radius 2 is 2.04 bits per heavy atom. The summed E-state index contributed by atoms with van der Waals surface area (Å²) in [6, 6.07) is 8.01. The maximum absolute atomic E-state index is 13.0. The second-order valence-corrected chi connectivity index (χ2v) is 7.68. The number of hydrogen-bond donors (Lipinski definition) is 1. The van der Waals surface area contributed by atoms with E-state index in [0.717, 1.165) is 31.0 Å². The van der Waals surface area contributed by atoms with Crippen molar-refractivity contribution in [3.8, 4) is 0 Å². The zero-order valence-corrected chi connectivity index (χ0v) is 15.7. The number of likely N-dealkylation sites (tertiary alicyclic amines) is 1. The Kier molecular flexibility index (Phi) is 4.44. The molecule has 146 valence electrons. The molecule has 1 saturated carbocycles. The van der Waals surface area contributed by atoms with E-state index in [4.69, 9.17) is 4.98 Å². The highest BCUT2D eigenvalue weighted by Gasteiger charge is 2.33.